The van der Waals surface area contributed by atoms with Gasteiger partial charge in [0.2, 0.25) is 15.9 Å². The van der Waals surface area contributed by atoms with Crippen molar-refractivity contribution in [3.63, 3.8) is 0 Å². The lowest BCUT2D eigenvalue weighted by atomic mass is 10.0. The number of hydrogen-bond donors (Lipinski definition) is 0. The number of likely N-dealkylation sites (tertiary alicyclic amines) is 1. The summed E-state index contributed by atoms with van der Waals surface area (Å²) in [6, 6.07) is 0. The molecule has 4 heterocycles. The molecule has 11 heteroatoms. The average molecular weight is 455 g/mol. The van der Waals surface area contributed by atoms with Crippen LogP contribution in [0.25, 0.3) is 10.2 Å². The lowest BCUT2D eigenvalue weighted by Crippen LogP contribution is -2.42. The van der Waals surface area contributed by atoms with Crippen LogP contribution < -0.4 is 5.56 Å². The summed E-state index contributed by atoms with van der Waals surface area (Å²) in [5, 5.41) is 0.0753. The smallest absolute Gasteiger partial charge is 0.263 e. The van der Waals surface area contributed by atoms with Crippen molar-refractivity contribution in [3.05, 3.63) is 21.6 Å². The molecule has 0 N–H and O–H groups in total. The number of aromatic nitrogens is 2. The van der Waals surface area contributed by atoms with Gasteiger partial charge in [-0.15, -0.1) is 11.3 Å². The molecule has 2 aliphatic heterocycles. The number of carbonyl (C=O) groups excluding carboxylic acids is 1. The zero-order chi connectivity index (χ0) is 21.5. The highest BCUT2D eigenvalue weighted by Gasteiger charge is 2.33. The Kier molecular flexibility index (Phi) is 5.97. The third-order valence-electron chi connectivity index (χ3n) is 5.68. The minimum atomic E-state index is -3.86. The zero-order valence-corrected chi connectivity index (χ0v) is 18.8. The number of fused-ring (bicyclic) bond motifs is 1. The van der Waals surface area contributed by atoms with Gasteiger partial charge in [0.05, 0.1) is 24.9 Å². The van der Waals surface area contributed by atoms with Crippen LogP contribution in [0.5, 0.6) is 0 Å². The summed E-state index contributed by atoms with van der Waals surface area (Å²) in [5.41, 5.74) is -0.491. The van der Waals surface area contributed by atoms with Gasteiger partial charge in [-0.2, -0.15) is 4.31 Å². The molecule has 1 amide bonds. The molecule has 0 spiro atoms. The number of ether oxygens (including phenoxy) is 1. The van der Waals surface area contributed by atoms with Gasteiger partial charge in [0.1, 0.15) is 16.3 Å². The SMILES string of the molecule is Cc1sc2ncn(CC(=O)N3CCC[C@H](C)C3)c(=O)c2c1S(=O)(=O)N1CCOCC1. The predicted octanol–water partition coefficient (Wildman–Crippen LogP) is 1.05. The van der Waals surface area contributed by atoms with Crippen molar-refractivity contribution in [2.45, 2.75) is 38.1 Å². The Hall–Kier alpha value is -1.82. The lowest BCUT2D eigenvalue weighted by molar-refractivity contribution is -0.133. The van der Waals surface area contributed by atoms with E-state index in [2.05, 4.69) is 11.9 Å². The summed E-state index contributed by atoms with van der Waals surface area (Å²) in [4.78, 5) is 32.9. The topological polar surface area (TPSA) is 102 Å². The van der Waals surface area contributed by atoms with Gasteiger partial charge in [-0.05, 0) is 25.7 Å². The molecule has 0 saturated carbocycles. The zero-order valence-electron chi connectivity index (χ0n) is 17.2. The summed E-state index contributed by atoms with van der Waals surface area (Å²) < 4.78 is 34.4. The van der Waals surface area contributed by atoms with Crippen LogP contribution in [0.3, 0.4) is 0 Å². The van der Waals surface area contributed by atoms with Gasteiger partial charge in [0, 0.05) is 31.1 Å². The average Bonchev–Trinajstić information content (AvgIpc) is 3.08. The van der Waals surface area contributed by atoms with E-state index in [0.717, 1.165) is 12.8 Å². The standard InChI is InChI=1S/C19H26N4O5S2/c1-13-4-3-5-21(10-13)15(24)11-22-12-20-18-16(19(22)25)17(14(2)29-18)30(26,27)23-6-8-28-9-7-23/h12-13H,3-11H2,1-2H3/t13-/m0/s1. The normalized spacial score (nSPS) is 21.3. The van der Waals surface area contributed by atoms with Crippen molar-refractivity contribution in [2.75, 3.05) is 39.4 Å². The second kappa shape index (κ2) is 8.37. The largest absolute Gasteiger partial charge is 0.379 e. The van der Waals surface area contributed by atoms with Crippen molar-refractivity contribution in [1.29, 1.82) is 0 Å². The van der Waals surface area contributed by atoms with Gasteiger partial charge in [-0.25, -0.2) is 13.4 Å². The van der Waals surface area contributed by atoms with E-state index in [4.69, 9.17) is 4.74 Å². The van der Waals surface area contributed by atoms with Crippen LogP contribution in [0.1, 0.15) is 24.6 Å². The highest BCUT2D eigenvalue weighted by atomic mass is 32.2. The summed E-state index contributed by atoms with van der Waals surface area (Å²) in [6.07, 6.45) is 3.38. The van der Waals surface area contributed by atoms with Crippen LogP contribution in [0.2, 0.25) is 0 Å². The first-order chi connectivity index (χ1) is 14.3. The maximum Gasteiger partial charge on any atom is 0.263 e. The molecule has 0 aromatic carbocycles. The van der Waals surface area contributed by atoms with E-state index in [1.807, 2.05) is 0 Å². The Morgan fingerprint density at radius 1 is 1.30 bits per heavy atom. The maximum absolute atomic E-state index is 13.3. The van der Waals surface area contributed by atoms with E-state index in [0.29, 0.717) is 41.9 Å². The molecule has 2 aromatic rings. The van der Waals surface area contributed by atoms with E-state index in [1.54, 1.807) is 11.8 Å². The third kappa shape index (κ3) is 3.91. The van der Waals surface area contributed by atoms with Crippen LogP contribution in [-0.2, 0) is 26.1 Å². The van der Waals surface area contributed by atoms with Crippen molar-refractivity contribution in [3.8, 4) is 0 Å². The molecule has 1 atom stereocenters. The molecular weight excluding hydrogens is 428 g/mol. The summed E-state index contributed by atoms with van der Waals surface area (Å²) >= 11 is 1.18. The predicted molar refractivity (Wildman–Crippen MR) is 113 cm³/mol. The van der Waals surface area contributed by atoms with E-state index in [9.17, 15) is 18.0 Å². The molecule has 0 aliphatic carbocycles. The quantitative estimate of drug-likeness (QED) is 0.684. The van der Waals surface area contributed by atoms with E-state index in [1.165, 1.54) is 26.5 Å². The molecule has 2 aromatic heterocycles. The van der Waals surface area contributed by atoms with Gasteiger partial charge in [-0.3, -0.25) is 14.2 Å². The van der Waals surface area contributed by atoms with Crippen LogP contribution in [0, 0.1) is 12.8 Å². The summed E-state index contributed by atoms with van der Waals surface area (Å²) in [7, 11) is -3.86. The second-order valence-electron chi connectivity index (χ2n) is 7.95. The van der Waals surface area contributed by atoms with E-state index in [-0.39, 0.29) is 35.8 Å². The minimum Gasteiger partial charge on any atom is -0.379 e. The van der Waals surface area contributed by atoms with Crippen LogP contribution in [0.15, 0.2) is 16.0 Å². The van der Waals surface area contributed by atoms with Gasteiger partial charge in [0.15, 0.2) is 0 Å². The van der Waals surface area contributed by atoms with Crippen LogP contribution in [0.4, 0.5) is 0 Å². The molecule has 30 heavy (non-hydrogen) atoms. The molecule has 0 bridgehead atoms. The van der Waals surface area contributed by atoms with E-state index >= 15 is 0 Å². The fourth-order valence-electron chi connectivity index (χ4n) is 4.11. The number of aryl methyl sites for hydroxylation is 1. The summed E-state index contributed by atoms with van der Waals surface area (Å²) in [5.74, 6) is 0.291. The second-order valence-corrected chi connectivity index (χ2v) is 11.0. The Balaban J connectivity index is 1.71. The molecule has 9 nitrogen and oxygen atoms in total. The molecular formula is C19H26N4O5S2. The number of amides is 1. The van der Waals surface area contributed by atoms with Crippen molar-refractivity contribution < 1.29 is 17.9 Å². The Labute approximate surface area is 179 Å². The highest BCUT2D eigenvalue weighted by molar-refractivity contribution is 7.89. The third-order valence-corrected chi connectivity index (χ3v) is 8.90. The van der Waals surface area contributed by atoms with Gasteiger partial charge in [0.25, 0.3) is 5.56 Å². The number of piperidine rings is 1. The number of morpholine rings is 1. The molecule has 0 radical (unpaired) electrons. The number of sulfonamides is 1. The Bertz CT molecular complexity index is 1120. The Morgan fingerprint density at radius 3 is 2.73 bits per heavy atom. The van der Waals surface area contributed by atoms with Crippen molar-refractivity contribution in [2.24, 2.45) is 5.92 Å². The minimum absolute atomic E-state index is 0.00953. The number of nitrogens with zero attached hydrogens (tertiary/aromatic N) is 4. The molecule has 2 fully saturated rings. The molecule has 0 unspecified atom stereocenters. The molecule has 164 valence electrons. The highest BCUT2D eigenvalue weighted by Crippen LogP contribution is 2.33. The fourth-order valence-corrected chi connectivity index (χ4v) is 7.19. The van der Waals surface area contributed by atoms with Crippen LogP contribution in [-0.4, -0.2) is 72.5 Å². The molecule has 2 aliphatic rings. The first kappa shape index (κ1) is 21.4. The van der Waals surface area contributed by atoms with Gasteiger partial charge >= 0.3 is 0 Å². The summed E-state index contributed by atoms with van der Waals surface area (Å²) in [6.45, 7) is 6.16. The molecule has 2 saturated heterocycles. The number of carbonyl (C=O) groups is 1. The molecule has 4 rings (SSSR count). The van der Waals surface area contributed by atoms with Crippen molar-refractivity contribution >= 4 is 37.5 Å². The van der Waals surface area contributed by atoms with Gasteiger partial charge < -0.3 is 9.64 Å². The number of hydrogen-bond acceptors (Lipinski definition) is 7. The number of thiophene rings is 1. The Morgan fingerprint density at radius 2 is 2.03 bits per heavy atom. The number of rotatable bonds is 4. The van der Waals surface area contributed by atoms with E-state index < -0.39 is 15.6 Å². The first-order valence-electron chi connectivity index (χ1n) is 10.1. The lowest BCUT2D eigenvalue weighted by Gasteiger charge is -2.31. The van der Waals surface area contributed by atoms with Crippen LogP contribution >= 0.6 is 11.3 Å². The fraction of sp³-hybridized carbons (Fsp3) is 0.632. The monoisotopic (exact) mass is 454 g/mol. The van der Waals surface area contributed by atoms with Crippen molar-refractivity contribution in [1.82, 2.24) is 18.8 Å². The van der Waals surface area contributed by atoms with Gasteiger partial charge in [-0.1, -0.05) is 6.92 Å². The first-order valence-corrected chi connectivity index (χ1v) is 12.4. The maximum atomic E-state index is 13.3.